The van der Waals surface area contributed by atoms with E-state index in [0.29, 0.717) is 20.8 Å². The molecule has 4 aromatic rings. The molecule has 0 saturated heterocycles. The molecule has 6 nitrogen and oxygen atoms in total. The molecule has 1 aromatic heterocycles. The van der Waals surface area contributed by atoms with E-state index in [1.165, 1.54) is 43.1 Å². The standard InChI is InChI=1S/C30H23FN2O4S/c1-17(34)37-24-14-7-18(15-25(24)36-2)16-26-29(35)33-28(20-8-11-21(31)12-9-20)23-13-10-19-5-3-4-6-22(19)27(23)32-30(33)38-26/h3-9,11-12,14-16,28H,10,13H2,1-2H3/b26-16+/t28-/m0/s1. The van der Waals surface area contributed by atoms with Crippen LogP contribution in [-0.2, 0) is 11.2 Å². The number of fused-ring (bicyclic) bond motifs is 3. The molecule has 0 radical (unpaired) electrons. The van der Waals surface area contributed by atoms with Gasteiger partial charge in [0.1, 0.15) is 5.82 Å². The Labute approximate surface area is 221 Å². The third kappa shape index (κ3) is 4.16. The SMILES string of the molecule is COc1cc(/C=c2/sc3n(c2=O)[C@@H](c2ccc(F)cc2)C2=C(N=3)c3ccccc3CC2)ccc1OC(C)=O. The smallest absolute Gasteiger partial charge is 0.308 e. The van der Waals surface area contributed by atoms with Crippen LogP contribution in [0, 0.1) is 5.82 Å². The number of thiazole rings is 1. The van der Waals surface area contributed by atoms with Gasteiger partial charge < -0.3 is 9.47 Å². The summed E-state index contributed by atoms with van der Waals surface area (Å²) in [6.45, 7) is 1.32. The molecule has 2 heterocycles. The van der Waals surface area contributed by atoms with Crippen LogP contribution < -0.4 is 24.4 Å². The lowest BCUT2D eigenvalue weighted by Gasteiger charge is -2.30. The van der Waals surface area contributed by atoms with Crippen molar-refractivity contribution in [3.63, 3.8) is 0 Å². The highest BCUT2D eigenvalue weighted by atomic mass is 32.1. The molecule has 0 fully saturated rings. The van der Waals surface area contributed by atoms with E-state index in [2.05, 4.69) is 12.1 Å². The monoisotopic (exact) mass is 526 g/mol. The summed E-state index contributed by atoms with van der Waals surface area (Å²) < 4.78 is 26.6. The quantitative estimate of drug-likeness (QED) is 0.292. The molecule has 0 saturated carbocycles. The number of hydrogen-bond acceptors (Lipinski definition) is 6. The van der Waals surface area contributed by atoms with Gasteiger partial charge >= 0.3 is 5.97 Å². The zero-order valence-electron chi connectivity index (χ0n) is 20.7. The lowest BCUT2D eigenvalue weighted by Crippen LogP contribution is -2.38. The van der Waals surface area contributed by atoms with Crippen molar-refractivity contribution < 1.29 is 18.7 Å². The summed E-state index contributed by atoms with van der Waals surface area (Å²) in [5, 5.41) is 0. The topological polar surface area (TPSA) is 69.9 Å². The number of methoxy groups -OCH3 is 1. The fourth-order valence-corrected chi connectivity index (χ4v) is 6.13. The van der Waals surface area contributed by atoms with Crippen LogP contribution in [0.1, 0.15) is 41.6 Å². The van der Waals surface area contributed by atoms with Crippen molar-refractivity contribution >= 4 is 29.1 Å². The van der Waals surface area contributed by atoms with Crippen LogP contribution in [0.25, 0.3) is 11.8 Å². The third-order valence-electron chi connectivity index (χ3n) is 6.80. The first-order valence-corrected chi connectivity index (χ1v) is 13.0. The molecule has 1 aliphatic heterocycles. The fourth-order valence-electron chi connectivity index (χ4n) is 5.13. The Morgan fingerprint density at radius 2 is 1.87 bits per heavy atom. The van der Waals surface area contributed by atoms with Gasteiger partial charge in [0.2, 0.25) is 0 Å². The van der Waals surface area contributed by atoms with Crippen LogP contribution in [0.2, 0.25) is 0 Å². The molecule has 190 valence electrons. The van der Waals surface area contributed by atoms with E-state index in [9.17, 15) is 14.0 Å². The summed E-state index contributed by atoms with van der Waals surface area (Å²) in [6, 6.07) is 19.3. The van der Waals surface area contributed by atoms with Gasteiger partial charge in [-0.2, -0.15) is 0 Å². The second-order valence-corrected chi connectivity index (χ2v) is 10.2. The van der Waals surface area contributed by atoms with Crippen LogP contribution in [0.4, 0.5) is 4.39 Å². The molecule has 1 atom stereocenters. The fraction of sp³-hybridized carbons (Fsp3) is 0.167. The maximum absolute atomic E-state index is 13.8. The summed E-state index contributed by atoms with van der Waals surface area (Å²) in [5.41, 5.74) is 5.64. The Morgan fingerprint density at radius 1 is 1.08 bits per heavy atom. The number of aromatic nitrogens is 1. The predicted octanol–water partition coefficient (Wildman–Crippen LogP) is 4.39. The van der Waals surface area contributed by atoms with E-state index in [-0.39, 0.29) is 17.4 Å². The van der Waals surface area contributed by atoms with Crippen molar-refractivity contribution in [2.45, 2.75) is 25.8 Å². The highest BCUT2D eigenvalue weighted by Crippen LogP contribution is 2.41. The first-order valence-electron chi connectivity index (χ1n) is 12.2. The van der Waals surface area contributed by atoms with E-state index in [1.54, 1.807) is 41.0 Å². The summed E-state index contributed by atoms with van der Waals surface area (Å²) in [5.74, 6) is -0.0783. The Bertz CT molecular complexity index is 1800. The zero-order valence-corrected chi connectivity index (χ0v) is 21.5. The number of allylic oxidation sites excluding steroid dienone is 1. The molecule has 0 bridgehead atoms. The maximum atomic E-state index is 13.8. The van der Waals surface area contributed by atoms with Crippen LogP contribution >= 0.6 is 11.3 Å². The molecule has 0 N–H and O–H groups in total. The Morgan fingerprint density at radius 3 is 2.63 bits per heavy atom. The molecular weight excluding hydrogens is 503 g/mol. The van der Waals surface area contributed by atoms with Gasteiger partial charge in [-0.15, -0.1) is 0 Å². The second-order valence-electron chi connectivity index (χ2n) is 9.17. The number of nitrogens with zero attached hydrogens (tertiary/aromatic N) is 2. The Kier molecular flexibility index (Phi) is 6.04. The molecule has 0 spiro atoms. The largest absolute Gasteiger partial charge is 0.493 e. The van der Waals surface area contributed by atoms with Crippen molar-refractivity contribution in [2.24, 2.45) is 4.99 Å². The van der Waals surface area contributed by atoms with Crippen LogP contribution in [-0.4, -0.2) is 17.6 Å². The zero-order chi connectivity index (χ0) is 26.4. The van der Waals surface area contributed by atoms with Crippen molar-refractivity contribution in [1.29, 1.82) is 0 Å². The first-order chi connectivity index (χ1) is 18.4. The first kappa shape index (κ1) is 24.1. The van der Waals surface area contributed by atoms with Gasteiger partial charge in [0, 0.05) is 12.5 Å². The summed E-state index contributed by atoms with van der Waals surface area (Å²) in [6.07, 6.45) is 3.39. The second kappa shape index (κ2) is 9.54. The average molecular weight is 527 g/mol. The summed E-state index contributed by atoms with van der Waals surface area (Å²) in [4.78, 5) is 30.8. The maximum Gasteiger partial charge on any atom is 0.308 e. The number of aryl methyl sites for hydroxylation is 1. The predicted molar refractivity (Wildman–Crippen MR) is 143 cm³/mol. The number of esters is 1. The number of ether oxygens (including phenoxy) is 2. The van der Waals surface area contributed by atoms with E-state index in [1.807, 2.05) is 12.1 Å². The lowest BCUT2D eigenvalue weighted by atomic mass is 9.83. The molecule has 6 rings (SSSR count). The van der Waals surface area contributed by atoms with Gasteiger partial charge in [0.15, 0.2) is 16.3 Å². The highest BCUT2D eigenvalue weighted by Gasteiger charge is 2.32. The number of benzene rings is 3. The van der Waals surface area contributed by atoms with Crippen LogP contribution in [0.5, 0.6) is 11.5 Å². The number of hydrogen-bond donors (Lipinski definition) is 0. The highest BCUT2D eigenvalue weighted by molar-refractivity contribution is 7.07. The van der Waals surface area contributed by atoms with Gasteiger partial charge in [0.05, 0.1) is 23.4 Å². The molecule has 8 heteroatoms. The van der Waals surface area contributed by atoms with Crippen molar-refractivity contribution in [1.82, 2.24) is 4.57 Å². The van der Waals surface area contributed by atoms with Crippen molar-refractivity contribution in [3.8, 4) is 11.5 Å². The van der Waals surface area contributed by atoms with Gasteiger partial charge in [-0.3, -0.25) is 14.2 Å². The lowest BCUT2D eigenvalue weighted by molar-refractivity contribution is -0.132. The molecule has 38 heavy (non-hydrogen) atoms. The average Bonchev–Trinajstić information content (AvgIpc) is 3.22. The van der Waals surface area contributed by atoms with E-state index >= 15 is 0 Å². The van der Waals surface area contributed by atoms with E-state index in [4.69, 9.17) is 14.5 Å². The van der Waals surface area contributed by atoms with E-state index in [0.717, 1.165) is 40.8 Å². The molecule has 2 aliphatic rings. The summed E-state index contributed by atoms with van der Waals surface area (Å²) >= 11 is 1.31. The minimum atomic E-state index is -0.448. The van der Waals surface area contributed by atoms with Crippen LogP contribution in [0.15, 0.2) is 82.1 Å². The van der Waals surface area contributed by atoms with Gasteiger partial charge in [-0.05, 0) is 65.4 Å². The van der Waals surface area contributed by atoms with Crippen molar-refractivity contribution in [3.05, 3.63) is 120 Å². The Hall–Kier alpha value is -4.30. The summed E-state index contributed by atoms with van der Waals surface area (Å²) in [7, 11) is 1.49. The van der Waals surface area contributed by atoms with Gasteiger partial charge in [-0.25, -0.2) is 9.38 Å². The van der Waals surface area contributed by atoms with Gasteiger partial charge in [0.25, 0.3) is 5.56 Å². The molecular formula is C30H23FN2O4S. The van der Waals surface area contributed by atoms with Gasteiger partial charge in [-0.1, -0.05) is 53.8 Å². The minimum Gasteiger partial charge on any atom is -0.493 e. The van der Waals surface area contributed by atoms with Crippen molar-refractivity contribution in [2.75, 3.05) is 7.11 Å². The number of halogens is 1. The minimum absolute atomic E-state index is 0.170. The Balaban J connectivity index is 1.54. The third-order valence-corrected chi connectivity index (χ3v) is 7.78. The number of carbonyl (C=O) groups is 1. The molecule has 1 aliphatic carbocycles. The normalized spacial score (nSPS) is 16.3. The van der Waals surface area contributed by atoms with Crippen LogP contribution in [0.3, 0.4) is 0 Å². The number of carbonyl (C=O) groups excluding carboxylic acids is 1. The van der Waals surface area contributed by atoms with E-state index < -0.39 is 5.97 Å². The molecule has 0 amide bonds. The molecule has 3 aromatic carbocycles. The molecule has 0 unspecified atom stereocenters. The number of rotatable bonds is 4.